The van der Waals surface area contributed by atoms with Crippen molar-refractivity contribution in [1.82, 2.24) is 9.97 Å². The molecule has 4 heteroatoms. The maximum absolute atomic E-state index is 10.9. The van der Waals surface area contributed by atoms with Crippen LogP contribution in [-0.2, 0) is 0 Å². The first-order chi connectivity index (χ1) is 6.29. The lowest BCUT2D eigenvalue weighted by Crippen LogP contribution is -1.99. The first-order valence-electron chi connectivity index (χ1n) is 4.25. The number of fused-ring (bicyclic) bond motifs is 1. The summed E-state index contributed by atoms with van der Waals surface area (Å²) < 4.78 is 0. The molecule has 0 unspecified atom stereocenters. The lowest BCUT2D eigenvalue weighted by atomic mass is 10.3. The zero-order chi connectivity index (χ0) is 9.26. The third-order valence-corrected chi connectivity index (χ3v) is 1.90. The summed E-state index contributed by atoms with van der Waals surface area (Å²) >= 11 is 0. The maximum Gasteiger partial charge on any atom is 0.323 e. The van der Waals surface area contributed by atoms with E-state index in [1.807, 2.05) is 25.1 Å². The standard InChI is InChI=1S/C9H11N3O/c1-2-10-6-3-4-7-8(5-6)12-9(13)11-7/h3-5,10H,2H2,1H3,(H2,11,12,13). The molecule has 1 aromatic carbocycles. The number of H-pyrrole nitrogens is 2. The fourth-order valence-electron chi connectivity index (χ4n) is 1.35. The molecule has 2 rings (SSSR count). The van der Waals surface area contributed by atoms with Crippen molar-refractivity contribution in [3.63, 3.8) is 0 Å². The minimum absolute atomic E-state index is 0.163. The van der Waals surface area contributed by atoms with Gasteiger partial charge in [-0.3, -0.25) is 0 Å². The quantitative estimate of drug-likeness (QED) is 0.647. The lowest BCUT2D eigenvalue weighted by molar-refractivity contribution is 1.21. The summed E-state index contributed by atoms with van der Waals surface area (Å²) in [6.45, 7) is 2.91. The van der Waals surface area contributed by atoms with Crippen molar-refractivity contribution in [2.45, 2.75) is 6.92 Å². The van der Waals surface area contributed by atoms with Crippen molar-refractivity contribution in [2.75, 3.05) is 11.9 Å². The average molecular weight is 177 g/mol. The van der Waals surface area contributed by atoms with E-state index in [4.69, 9.17) is 0 Å². The van der Waals surface area contributed by atoms with Gasteiger partial charge < -0.3 is 15.3 Å². The van der Waals surface area contributed by atoms with Crippen LogP contribution >= 0.6 is 0 Å². The fourth-order valence-corrected chi connectivity index (χ4v) is 1.35. The van der Waals surface area contributed by atoms with Crippen molar-refractivity contribution in [3.05, 3.63) is 28.7 Å². The molecular weight excluding hydrogens is 166 g/mol. The number of benzene rings is 1. The third-order valence-electron chi connectivity index (χ3n) is 1.90. The highest BCUT2D eigenvalue weighted by atomic mass is 16.1. The topological polar surface area (TPSA) is 60.7 Å². The number of hydrogen-bond donors (Lipinski definition) is 3. The zero-order valence-corrected chi connectivity index (χ0v) is 7.35. The number of hydrogen-bond acceptors (Lipinski definition) is 2. The van der Waals surface area contributed by atoms with Crippen LogP contribution < -0.4 is 11.0 Å². The van der Waals surface area contributed by atoms with E-state index in [-0.39, 0.29) is 5.69 Å². The average Bonchev–Trinajstić information content (AvgIpc) is 2.44. The molecule has 0 spiro atoms. The Morgan fingerprint density at radius 3 is 2.85 bits per heavy atom. The summed E-state index contributed by atoms with van der Waals surface area (Å²) in [5, 5.41) is 3.17. The molecule has 1 heterocycles. The van der Waals surface area contributed by atoms with E-state index in [0.717, 1.165) is 23.3 Å². The second kappa shape index (κ2) is 2.97. The molecule has 13 heavy (non-hydrogen) atoms. The van der Waals surface area contributed by atoms with Crippen LogP contribution in [0.4, 0.5) is 5.69 Å². The molecule has 2 aromatic rings. The highest BCUT2D eigenvalue weighted by Crippen LogP contribution is 2.13. The van der Waals surface area contributed by atoms with Crippen LogP contribution in [0.1, 0.15) is 6.92 Å². The fraction of sp³-hybridized carbons (Fsp3) is 0.222. The van der Waals surface area contributed by atoms with Gasteiger partial charge in [0.1, 0.15) is 0 Å². The Labute approximate surface area is 75.0 Å². The van der Waals surface area contributed by atoms with E-state index in [0.29, 0.717) is 0 Å². The van der Waals surface area contributed by atoms with Crippen molar-refractivity contribution < 1.29 is 0 Å². The molecule has 0 aliphatic carbocycles. The maximum atomic E-state index is 10.9. The molecule has 0 aliphatic heterocycles. The van der Waals surface area contributed by atoms with Gasteiger partial charge in [-0.15, -0.1) is 0 Å². The molecule has 4 nitrogen and oxygen atoms in total. The van der Waals surface area contributed by atoms with E-state index in [2.05, 4.69) is 15.3 Å². The summed E-state index contributed by atoms with van der Waals surface area (Å²) in [7, 11) is 0. The molecule has 0 radical (unpaired) electrons. The summed E-state index contributed by atoms with van der Waals surface area (Å²) in [5.41, 5.74) is 2.53. The van der Waals surface area contributed by atoms with Crippen LogP contribution in [0.5, 0.6) is 0 Å². The van der Waals surface area contributed by atoms with Crippen molar-refractivity contribution in [1.29, 1.82) is 0 Å². The Kier molecular flexibility index (Phi) is 1.81. The minimum Gasteiger partial charge on any atom is -0.385 e. The molecule has 0 atom stereocenters. The lowest BCUT2D eigenvalue weighted by Gasteiger charge is -2.01. The zero-order valence-electron chi connectivity index (χ0n) is 7.35. The molecule has 0 amide bonds. The van der Waals surface area contributed by atoms with Gasteiger partial charge in [-0.25, -0.2) is 4.79 Å². The van der Waals surface area contributed by atoms with Gasteiger partial charge in [0.15, 0.2) is 0 Å². The third kappa shape index (κ3) is 1.42. The number of aromatic nitrogens is 2. The molecule has 0 saturated carbocycles. The number of aromatic amines is 2. The molecular formula is C9H11N3O. The number of rotatable bonds is 2. The van der Waals surface area contributed by atoms with E-state index in [1.165, 1.54) is 0 Å². The monoisotopic (exact) mass is 177 g/mol. The van der Waals surface area contributed by atoms with Crippen molar-refractivity contribution >= 4 is 16.7 Å². The van der Waals surface area contributed by atoms with Gasteiger partial charge in [-0.2, -0.15) is 0 Å². The number of anilines is 1. The molecule has 3 N–H and O–H groups in total. The summed E-state index contributed by atoms with van der Waals surface area (Å²) in [5.74, 6) is 0. The molecule has 0 bridgehead atoms. The number of imidazole rings is 1. The van der Waals surface area contributed by atoms with Crippen LogP contribution in [0.3, 0.4) is 0 Å². The van der Waals surface area contributed by atoms with Gasteiger partial charge in [-0.05, 0) is 25.1 Å². The van der Waals surface area contributed by atoms with Gasteiger partial charge in [0.2, 0.25) is 0 Å². The highest BCUT2D eigenvalue weighted by molar-refractivity contribution is 5.78. The van der Waals surface area contributed by atoms with Crippen LogP contribution in [0.25, 0.3) is 11.0 Å². The first-order valence-corrected chi connectivity index (χ1v) is 4.25. The summed E-state index contributed by atoms with van der Waals surface area (Å²) in [6.07, 6.45) is 0. The molecule has 0 saturated heterocycles. The first kappa shape index (κ1) is 7.91. The van der Waals surface area contributed by atoms with Gasteiger partial charge >= 0.3 is 5.69 Å². The highest BCUT2D eigenvalue weighted by Gasteiger charge is 1.97. The largest absolute Gasteiger partial charge is 0.385 e. The predicted octanol–water partition coefficient (Wildman–Crippen LogP) is 1.29. The minimum atomic E-state index is -0.163. The summed E-state index contributed by atoms with van der Waals surface area (Å²) in [6, 6.07) is 5.73. The normalized spacial score (nSPS) is 10.5. The summed E-state index contributed by atoms with van der Waals surface area (Å²) in [4.78, 5) is 16.3. The second-order valence-corrected chi connectivity index (χ2v) is 2.87. The van der Waals surface area contributed by atoms with Gasteiger partial charge in [0.05, 0.1) is 11.0 Å². The van der Waals surface area contributed by atoms with Crippen LogP contribution in [-0.4, -0.2) is 16.5 Å². The van der Waals surface area contributed by atoms with E-state index in [9.17, 15) is 4.79 Å². The second-order valence-electron chi connectivity index (χ2n) is 2.87. The van der Waals surface area contributed by atoms with E-state index < -0.39 is 0 Å². The van der Waals surface area contributed by atoms with Crippen LogP contribution in [0.15, 0.2) is 23.0 Å². The van der Waals surface area contributed by atoms with Gasteiger partial charge in [0.25, 0.3) is 0 Å². The smallest absolute Gasteiger partial charge is 0.323 e. The molecule has 0 aliphatic rings. The van der Waals surface area contributed by atoms with E-state index >= 15 is 0 Å². The Bertz CT molecular complexity index is 469. The number of nitrogens with one attached hydrogen (secondary N) is 3. The Balaban J connectivity index is 2.54. The molecule has 1 aromatic heterocycles. The van der Waals surface area contributed by atoms with Crippen molar-refractivity contribution in [3.8, 4) is 0 Å². The Morgan fingerprint density at radius 1 is 1.31 bits per heavy atom. The van der Waals surface area contributed by atoms with E-state index in [1.54, 1.807) is 0 Å². The van der Waals surface area contributed by atoms with Crippen LogP contribution in [0, 0.1) is 0 Å². The SMILES string of the molecule is CCNc1ccc2[nH]c(=O)[nH]c2c1. The van der Waals surface area contributed by atoms with Gasteiger partial charge in [0, 0.05) is 12.2 Å². The Hall–Kier alpha value is -1.71. The van der Waals surface area contributed by atoms with Gasteiger partial charge in [-0.1, -0.05) is 0 Å². The van der Waals surface area contributed by atoms with Crippen LogP contribution in [0.2, 0.25) is 0 Å². The molecule has 0 fully saturated rings. The Morgan fingerprint density at radius 2 is 2.08 bits per heavy atom. The predicted molar refractivity (Wildman–Crippen MR) is 53.1 cm³/mol. The van der Waals surface area contributed by atoms with Crippen molar-refractivity contribution in [2.24, 2.45) is 0 Å². The molecule has 68 valence electrons.